The number of aryl methyl sites for hydroxylation is 1. The molecule has 2 aromatic rings. The third-order valence-electron chi connectivity index (χ3n) is 5.16. The Morgan fingerprint density at radius 2 is 1.96 bits per heavy atom. The van der Waals surface area contributed by atoms with Gasteiger partial charge in [0, 0.05) is 6.26 Å². The van der Waals surface area contributed by atoms with Crippen LogP contribution in [0.25, 0.3) is 0 Å². The summed E-state index contributed by atoms with van der Waals surface area (Å²) in [6.45, 7) is 0. The number of hydrogen-bond donors (Lipinski definition) is 0. The van der Waals surface area contributed by atoms with E-state index in [0.29, 0.717) is 24.6 Å². The molecule has 1 fully saturated rings. The predicted octanol–water partition coefficient (Wildman–Crippen LogP) is 2.95. The van der Waals surface area contributed by atoms with Crippen molar-refractivity contribution >= 4 is 9.84 Å². The molecule has 6 nitrogen and oxygen atoms in total. The van der Waals surface area contributed by atoms with Crippen LogP contribution in [-0.2, 0) is 21.0 Å². The normalized spacial score (nSPS) is 22.8. The van der Waals surface area contributed by atoms with Gasteiger partial charge in [0.15, 0.2) is 21.8 Å². The molecule has 1 aromatic heterocycles. The van der Waals surface area contributed by atoms with Crippen molar-refractivity contribution in [2.75, 3.05) is 6.26 Å². The molecule has 1 aliphatic heterocycles. The summed E-state index contributed by atoms with van der Waals surface area (Å²) in [6.07, 6.45) is 5.40. The van der Waals surface area contributed by atoms with E-state index < -0.39 is 14.6 Å². The van der Waals surface area contributed by atoms with Gasteiger partial charge in [-0.1, -0.05) is 36.2 Å². The molecule has 1 atom stereocenters. The number of nitrogens with zero attached hydrogens (tertiary/aromatic N) is 2. The van der Waals surface area contributed by atoms with Crippen molar-refractivity contribution < 1.29 is 17.7 Å². The maximum atomic E-state index is 12.4. The zero-order valence-corrected chi connectivity index (χ0v) is 14.4. The van der Waals surface area contributed by atoms with Crippen LogP contribution in [0.4, 0.5) is 0 Å². The summed E-state index contributed by atoms with van der Waals surface area (Å²) in [7, 11) is -3.31. The number of para-hydroxylation sites is 1. The first-order valence-corrected chi connectivity index (χ1v) is 10.2. The molecule has 1 aromatic carbocycles. The number of ether oxygens (including phenoxy) is 1. The molecule has 0 saturated heterocycles. The van der Waals surface area contributed by atoms with Crippen LogP contribution >= 0.6 is 0 Å². The van der Waals surface area contributed by atoms with Gasteiger partial charge in [0.2, 0.25) is 0 Å². The molecule has 0 spiro atoms. The lowest BCUT2D eigenvalue weighted by Crippen LogP contribution is -2.33. The third-order valence-corrected chi connectivity index (χ3v) is 7.17. The first kappa shape index (κ1) is 15.6. The third kappa shape index (κ3) is 2.42. The second kappa shape index (κ2) is 5.58. The minimum atomic E-state index is -3.31. The molecule has 2 heterocycles. The SMILES string of the molecule is CS(=O)(=O)C1(c2noc(C3CCc4ccccc4O3)n2)CCCC1. The van der Waals surface area contributed by atoms with E-state index in [4.69, 9.17) is 9.26 Å². The summed E-state index contributed by atoms with van der Waals surface area (Å²) in [5, 5.41) is 4.02. The molecule has 128 valence electrons. The van der Waals surface area contributed by atoms with Gasteiger partial charge in [-0.05, 0) is 37.3 Å². The zero-order chi connectivity index (χ0) is 16.8. The van der Waals surface area contributed by atoms with Gasteiger partial charge in [0.05, 0.1) is 0 Å². The summed E-state index contributed by atoms with van der Waals surface area (Å²) in [5.41, 5.74) is 1.16. The highest BCUT2D eigenvalue weighted by atomic mass is 32.2. The van der Waals surface area contributed by atoms with E-state index in [0.717, 1.165) is 37.0 Å². The van der Waals surface area contributed by atoms with Crippen molar-refractivity contribution in [3.05, 3.63) is 41.5 Å². The molecular formula is C17H20N2O4S. The Morgan fingerprint density at radius 3 is 2.71 bits per heavy atom. The van der Waals surface area contributed by atoms with Gasteiger partial charge in [-0.25, -0.2) is 8.42 Å². The molecule has 0 N–H and O–H groups in total. The van der Waals surface area contributed by atoms with E-state index in [1.165, 1.54) is 6.26 Å². The number of benzene rings is 1. The van der Waals surface area contributed by atoms with Crippen LogP contribution in [0, 0.1) is 0 Å². The number of hydrogen-bond acceptors (Lipinski definition) is 6. The van der Waals surface area contributed by atoms with E-state index >= 15 is 0 Å². The molecule has 7 heteroatoms. The summed E-state index contributed by atoms with van der Waals surface area (Å²) < 4.78 is 35.1. The lowest BCUT2D eigenvalue weighted by molar-refractivity contribution is 0.135. The molecule has 0 amide bonds. The second-order valence-electron chi connectivity index (χ2n) is 6.68. The first-order chi connectivity index (χ1) is 11.5. The van der Waals surface area contributed by atoms with E-state index in [9.17, 15) is 8.42 Å². The Labute approximate surface area is 141 Å². The van der Waals surface area contributed by atoms with E-state index in [2.05, 4.69) is 10.1 Å². The van der Waals surface area contributed by atoms with E-state index in [1.807, 2.05) is 24.3 Å². The van der Waals surface area contributed by atoms with Crippen LogP contribution in [0.2, 0.25) is 0 Å². The highest BCUT2D eigenvalue weighted by Gasteiger charge is 2.49. The first-order valence-electron chi connectivity index (χ1n) is 8.28. The van der Waals surface area contributed by atoms with Crippen molar-refractivity contribution in [1.82, 2.24) is 10.1 Å². The standard InChI is InChI=1S/C17H20N2O4S/c1-24(20,21)17(10-4-5-11-17)16-18-15(23-19-16)14-9-8-12-6-2-3-7-13(12)22-14/h2-3,6-7,14H,4-5,8-11H2,1H3. The molecule has 0 radical (unpaired) electrons. The Balaban J connectivity index is 1.64. The molecule has 4 rings (SSSR count). The Bertz CT molecular complexity index is 853. The maximum Gasteiger partial charge on any atom is 0.267 e. The number of rotatable bonds is 3. The van der Waals surface area contributed by atoms with Crippen LogP contribution in [0.15, 0.2) is 28.8 Å². The molecule has 0 bridgehead atoms. The minimum absolute atomic E-state index is 0.292. The Kier molecular flexibility index (Phi) is 3.63. The van der Waals surface area contributed by atoms with Gasteiger partial charge >= 0.3 is 0 Å². The van der Waals surface area contributed by atoms with Crippen LogP contribution in [0.3, 0.4) is 0 Å². The topological polar surface area (TPSA) is 82.3 Å². The summed E-state index contributed by atoms with van der Waals surface area (Å²) >= 11 is 0. The van der Waals surface area contributed by atoms with Crippen molar-refractivity contribution in [1.29, 1.82) is 0 Å². The van der Waals surface area contributed by atoms with Gasteiger partial charge in [0.25, 0.3) is 5.89 Å². The predicted molar refractivity (Wildman–Crippen MR) is 87.4 cm³/mol. The van der Waals surface area contributed by atoms with Gasteiger partial charge in [-0.15, -0.1) is 0 Å². The fourth-order valence-electron chi connectivity index (χ4n) is 3.76. The quantitative estimate of drug-likeness (QED) is 0.848. The molecule has 1 saturated carbocycles. The smallest absolute Gasteiger partial charge is 0.267 e. The van der Waals surface area contributed by atoms with Crippen LogP contribution in [0.5, 0.6) is 5.75 Å². The van der Waals surface area contributed by atoms with Crippen LogP contribution in [-0.4, -0.2) is 24.8 Å². The largest absolute Gasteiger partial charge is 0.480 e. The fraction of sp³-hybridized carbons (Fsp3) is 0.529. The summed E-state index contributed by atoms with van der Waals surface area (Å²) in [6, 6.07) is 7.89. The Hall–Kier alpha value is -1.89. The van der Waals surface area contributed by atoms with Crippen molar-refractivity contribution in [3.8, 4) is 5.75 Å². The van der Waals surface area contributed by atoms with E-state index in [-0.39, 0.29) is 6.10 Å². The van der Waals surface area contributed by atoms with Gasteiger partial charge in [-0.3, -0.25) is 0 Å². The van der Waals surface area contributed by atoms with Gasteiger partial charge in [-0.2, -0.15) is 4.98 Å². The van der Waals surface area contributed by atoms with Crippen LogP contribution < -0.4 is 4.74 Å². The summed E-state index contributed by atoms with van der Waals surface area (Å²) in [5.74, 6) is 1.49. The van der Waals surface area contributed by atoms with Gasteiger partial charge in [0.1, 0.15) is 10.5 Å². The van der Waals surface area contributed by atoms with Crippen molar-refractivity contribution in [2.45, 2.75) is 49.4 Å². The second-order valence-corrected chi connectivity index (χ2v) is 9.01. The molecule has 1 unspecified atom stereocenters. The van der Waals surface area contributed by atoms with Crippen LogP contribution in [0.1, 0.15) is 55.5 Å². The lowest BCUT2D eigenvalue weighted by Gasteiger charge is -2.24. The minimum Gasteiger partial charge on any atom is -0.480 e. The number of aromatic nitrogens is 2. The number of sulfone groups is 1. The lowest BCUT2D eigenvalue weighted by atomic mass is 10.0. The van der Waals surface area contributed by atoms with Gasteiger partial charge < -0.3 is 9.26 Å². The maximum absolute atomic E-state index is 12.4. The highest BCUT2D eigenvalue weighted by Crippen LogP contribution is 2.44. The monoisotopic (exact) mass is 348 g/mol. The fourth-order valence-corrected chi connectivity index (χ4v) is 5.20. The van der Waals surface area contributed by atoms with E-state index in [1.54, 1.807) is 0 Å². The molecule has 2 aliphatic rings. The average molecular weight is 348 g/mol. The average Bonchev–Trinajstić information content (AvgIpc) is 3.23. The van der Waals surface area contributed by atoms with Crippen molar-refractivity contribution in [2.24, 2.45) is 0 Å². The molecule has 24 heavy (non-hydrogen) atoms. The highest BCUT2D eigenvalue weighted by molar-refractivity contribution is 7.91. The Morgan fingerprint density at radius 1 is 1.21 bits per heavy atom. The number of fused-ring (bicyclic) bond motifs is 1. The summed E-state index contributed by atoms with van der Waals surface area (Å²) in [4.78, 5) is 4.45. The molecular weight excluding hydrogens is 328 g/mol. The zero-order valence-electron chi connectivity index (χ0n) is 13.6. The van der Waals surface area contributed by atoms with Crippen molar-refractivity contribution in [3.63, 3.8) is 0 Å². The molecule has 1 aliphatic carbocycles.